The number of amides is 2. The van der Waals surface area contributed by atoms with Crippen LogP contribution in [0.25, 0.3) is 6.08 Å². The fourth-order valence-corrected chi connectivity index (χ4v) is 3.27. The number of hydrogen-bond acceptors (Lipinski definition) is 4. The first-order valence-corrected chi connectivity index (χ1v) is 11.0. The Hall–Kier alpha value is -4.85. The van der Waals surface area contributed by atoms with Crippen LogP contribution in [0.3, 0.4) is 0 Å². The van der Waals surface area contributed by atoms with Crippen molar-refractivity contribution in [1.29, 1.82) is 0 Å². The average Bonchev–Trinajstić information content (AvgIpc) is 2.89. The lowest BCUT2D eigenvalue weighted by molar-refractivity contribution is -0.118. The molecule has 2 N–H and O–H groups in total. The summed E-state index contributed by atoms with van der Waals surface area (Å²) in [6, 6.07) is 21.6. The van der Waals surface area contributed by atoms with E-state index in [0.29, 0.717) is 11.3 Å². The fourth-order valence-electron chi connectivity index (χ4n) is 3.27. The molecule has 6 nitrogen and oxygen atoms in total. The maximum atomic E-state index is 14.2. The second kappa shape index (κ2) is 11.5. The minimum Gasteiger partial charge on any atom is -0.488 e. The first kappa shape index (κ1) is 24.3. The number of ether oxygens (including phenoxy) is 1. The van der Waals surface area contributed by atoms with Gasteiger partial charge in [-0.15, -0.1) is 0 Å². The molecule has 0 unspecified atom stereocenters. The van der Waals surface area contributed by atoms with E-state index in [4.69, 9.17) is 4.74 Å². The Morgan fingerprint density at radius 3 is 1.94 bits per heavy atom. The van der Waals surface area contributed by atoms with Gasteiger partial charge >= 0.3 is 0 Å². The highest BCUT2D eigenvalue weighted by Gasteiger charge is 2.21. The summed E-state index contributed by atoms with van der Waals surface area (Å²) in [4.78, 5) is 30.3. The minimum atomic E-state index is -0.879. The van der Waals surface area contributed by atoms with Gasteiger partial charge in [-0.05, 0) is 42.5 Å². The summed E-state index contributed by atoms with van der Waals surface area (Å²) in [6.07, 6.45) is 4.62. The van der Waals surface area contributed by atoms with E-state index < -0.39 is 23.4 Å². The summed E-state index contributed by atoms with van der Waals surface area (Å²) in [5.41, 5.74) is 0.662. The Morgan fingerprint density at radius 1 is 0.778 bits per heavy atom. The molecular formula is C28H21F2N3O3. The molecule has 3 aromatic carbocycles. The molecule has 0 radical (unpaired) electrons. The largest absolute Gasteiger partial charge is 0.488 e. The highest BCUT2D eigenvalue weighted by atomic mass is 19.1. The van der Waals surface area contributed by atoms with E-state index in [1.165, 1.54) is 42.5 Å². The summed E-state index contributed by atoms with van der Waals surface area (Å²) >= 11 is 0. The van der Waals surface area contributed by atoms with Gasteiger partial charge in [-0.3, -0.25) is 14.6 Å². The predicted octanol–water partition coefficient (Wildman–Crippen LogP) is 5.60. The predicted molar refractivity (Wildman–Crippen MR) is 133 cm³/mol. The molecule has 36 heavy (non-hydrogen) atoms. The van der Waals surface area contributed by atoms with Crippen molar-refractivity contribution < 1.29 is 23.1 Å². The van der Waals surface area contributed by atoms with E-state index in [9.17, 15) is 18.4 Å². The van der Waals surface area contributed by atoms with Crippen molar-refractivity contribution in [3.05, 3.63) is 126 Å². The van der Waals surface area contributed by atoms with Crippen LogP contribution in [-0.4, -0.2) is 16.8 Å². The van der Waals surface area contributed by atoms with Gasteiger partial charge in [0, 0.05) is 23.5 Å². The van der Waals surface area contributed by atoms with Gasteiger partial charge < -0.3 is 15.4 Å². The molecule has 0 aliphatic carbocycles. The van der Waals surface area contributed by atoms with Crippen molar-refractivity contribution in [2.45, 2.75) is 6.61 Å². The number of nitrogens with zero attached hydrogens (tertiary/aromatic N) is 1. The molecule has 4 aromatic rings. The monoisotopic (exact) mass is 485 g/mol. The molecule has 0 saturated carbocycles. The summed E-state index contributed by atoms with van der Waals surface area (Å²) in [6.45, 7) is 0.205. The summed E-state index contributed by atoms with van der Waals surface area (Å²) in [5.74, 6) is -2.69. The van der Waals surface area contributed by atoms with Crippen molar-refractivity contribution >= 4 is 29.3 Å². The summed E-state index contributed by atoms with van der Waals surface area (Å²) in [7, 11) is 0. The van der Waals surface area contributed by atoms with Gasteiger partial charge in [-0.1, -0.05) is 48.5 Å². The highest BCUT2D eigenvalue weighted by molar-refractivity contribution is 6.29. The number of anilines is 2. The number of carbonyl (C=O) groups is 2. The molecule has 1 aromatic heterocycles. The van der Waals surface area contributed by atoms with Crippen LogP contribution in [-0.2, 0) is 16.2 Å². The number of hydrogen-bond donors (Lipinski definition) is 2. The van der Waals surface area contributed by atoms with E-state index in [1.807, 2.05) is 6.07 Å². The van der Waals surface area contributed by atoms with Crippen LogP contribution >= 0.6 is 0 Å². The lowest BCUT2D eigenvalue weighted by Gasteiger charge is -2.13. The molecule has 180 valence electrons. The van der Waals surface area contributed by atoms with Gasteiger partial charge in [0.2, 0.25) is 0 Å². The molecule has 1 heterocycles. The zero-order chi connectivity index (χ0) is 25.3. The number of aromatic nitrogens is 1. The van der Waals surface area contributed by atoms with Crippen molar-refractivity contribution in [3.63, 3.8) is 0 Å². The molecule has 0 atom stereocenters. The Morgan fingerprint density at radius 2 is 1.36 bits per heavy atom. The second-order valence-corrected chi connectivity index (χ2v) is 7.61. The van der Waals surface area contributed by atoms with E-state index in [2.05, 4.69) is 15.6 Å². The normalized spacial score (nSPS) is 10.3. The maximum Gasteiger partial charge on any atom is 0.261 e. The van der Waals surface area contributed by atoms with Gasteiger partial charge in [-0.2, -0.15) is 0 Å². The third-order valence-electron chi connectivity index (χ3n) is 5.07. The molecule has 2 amide bonds. The summed E-state index contributed by atoms with van der Waals surface area (Å²) < 4.78 is 34.2. The number of halogens is 2. The number of carbonyl (C=O) groups excluding carboxylic acids is 2. The first-order valence-electron chi connectivity index (χ1n) is 11.0. The van der Waals surface area contributed by atoms with Gasteiger partial charge in [0.05, 0.1) is 11.4 Å². The standard InChI is InChI=1S/C28H21F2N3O3/c29-22-10-2-4-12-24(22)32-27(34)21(28(35)33-25-13-5-3-11-23(25)30)16-20-9-1-6-14-26(20)36-18-19-8-7-15-31-17-19/h1-17H,18H2,(H,32,34)(H,33,35). The van der Waals surface area contributed by atoms with Gasteiger partial charge in [0.1, 0.15) is 29.6 Å². The molecular weight excluding hydrogens is 464 g/mol. The number of pyridine rings is 1. The smallest absolute Gasteiger partial charge is 0.261 e. The van der Waals surface area contributed by atoms with Crippen LogP contribution in [0.5, 0.6) is 5.75 Å². The molecule has 0 saturated heterocycles. The van der Waals surface area contributed by atoms with Crippen molar-refractivity contribution in [2.24, 2.45) is 0 Å². The number of rotatable bonds is 8. The quantitative estimate of drug-likeness (QED) is 0.193. The number of nitrogens with one attached hydrogen (secondary N) is 2. The topological polar surface area (TPSA) is 80.3 Å². The molecule has 8 heteroatoms. The minimum absolute atomic E-state index is 0.104. The molecule has 0 aliphatic heterocycles. The molecule has 0 fully saturated rings. The molecule has 4 rings (SSSR count). The van der Waals surface area contributed by atoms with Crippen LogP contribution in [0.2, 0.25) is 0 Å². The lowest BCUT2D eigenvalue weighted by Crippen LogP contribution is -2.26. The van der Waals surface area contributed by atoms with Gasteiger partial charge in [0.15, 0.2) is 0 Å². The fraction of sp³-hybridized carbons (Fsp3) is 0.0357. The Balaban J connectivity index is 1.66. The van der Waals surface area contributed by atoms with Crippen molar-refractivity contribution in [2.75, 3.05) is 10.6 Å². The molecule has 0 aliphatic rings. The first-order chi connectivity index (χ1) is 17.5. The molecule has 0 bridgehead atoms. The zero-order valence-electron chi connectivity index (χ0n) is 18.9. The van der Waals surface area contributed by atoms with Crippen molar-refractivity contribution in [3.8, 4) is 5.75 Å². The average molecular weight is 485 g/mol. The van der Waals surface area contributed by atoms with Crippen molar-refractivity contribution in [1.82, 2.24) is 4.98 Å². The molecule has 0 spiro atoms. The zero-order valence-corrected chi connectivity index (χ0v) is 18.9. The van der Waals surface area contributed by atoms with Crippen LogP contribution in [0.4, 0.5) is 20.2 Å². The maximum absolute atomic E-state index is 14.2. The van der Waals surface area contributed by atoms with E-state index >= 15 is 0 Å². The van der Waals surface area contributed by atoms with Crippen LogP contribution in [0.1, 0.15) is 11.1 Å². The van der Waals surface area contributed by atoms with E-state index in [1.54, 1.807) is 54.9 Å². The highest BCUT2D eigenvalue weighted by Crippen LogP contribution is 2.24. The third-order valence-corrected chi connectivity index (χ3v) is 5.07. The SMILES string of the molecule is O=C(Nc1ccccc1F)C(=Cc1ccccc1OCc1cccnc1)C(=O)Nc1ccccc1F. The number of benzene rings is 3. The lowest BCUT2D eigenvalue weighted by atomic mass is 10.1. The van der Waals surface area contributed by atoms with Gasteiger partial charge in [-0.25, -0.2) is 8.78 Å². The van der Waals surface area contributed by atoms with Gasteiger partial charge in [0.25, 0.3) is 11.8 Å². The second-order valence-electron chi connectivity index (χ2n) is 7.61. The van der Waals surface area contributed by atoms with Crippen LogP contribution in [0.15, 0.2) is 103 Å². The summed E-state index contributed by atoms with van der Waals surface area (Å²) in [5, 5.41) is 4.81. The van der Waals surface area contributed by atoms with E-state index in [0.717, 1.165) is 5.56 Å². The number of para-hydroxylation sites is 3. The Kier molecular flexibility index (Phi) is 7.77. The third kappa shape index (κ3) is 6.18. The Bertz CT molecular complexity index is 1350. The van der Waals surface area contributed by atoms with Crippen LogP contribution in [0, 0.1) is 11.6 Å². The van der Waals surface area contributed by atoms with E-state index in [-0.39, 0.29) is 23.6 Å². The Labute approximate surface area is 206 Å². The van der Waals surface area contributed by atoms with Crippen LogP contribution < -0.4 is 15.4 Å².